The van der Waals surface area contributed by atoms with Gasteiger partial charge in [-0.1, -0.05) is 28.1 Å². The number of rotatable bonds is 6. The molecule has 0 bridgehead atoms. The Balaban J connectivity index is 1.50. The third-order valence-electron chi connectivity index (χ3n) is 5.35. The van der Waals surface area contributed by atoms with Crippen LogP contribution in [0.4, 0.5) is 4.79 Å². The van der Waals surface area contributed by atoms with Gasteiger partial charge in [0, 0.05) is 28.4 Å². The number of nitrogens with zero attached hydrogens (tertiary/aromatic N) is 1. The Hall–Kier alpha value is -3.20. The summed E-state index contributed by atoms with van der Waals surface area (Å²) in [5, 5.41) is 11.0. The monoisotopic (exact) mass is 487 g/mol. The fourth-order valence-electron chi connectivity index (χ4n) is 3.76. The lowest BCUT2D eigenvalue weighted by Crippen LogP contribution is -2.41. The Kier molecular flexibility index (Phi) is 5.77. The fourth-order valence-corrected chi connectivity index (χ4v) is 4.08. The number of ketones is 2. The van der Waals surface area contributed by atoms with Gasteiger partial charge in [-0.2, -0.15) is 0 Å². The Labute approximate surface area is 184 Å². The number of benzene rings is 2. The lowest BCUT2D eigenvalue weighted by molar-refractivity contribution is -0.147. The molecule has 1 atom stereocenters. The second kappa shape index (κ2) is 8.50. The molecule has 4 rings (SSSR count). The van der Waals surface area contributed by atoms with Crippen molar-refractivity contribution >= 4 is 61.5 Å². The molecule has 9 heteroatoms. The van der Waals surface area contributed by atoms with E-state index < -0.39 is 30.5 Å². The zero-order valence-corrected chi connectivity index (χ0v) is 17.9. The van der Waals surface area contributed by atoms with Crippen LogP contribution in [0.15, 0.2) is 40.8 Å². The van der Waals surface area contributed by atoms with Crippen LogP contribution in [-0.4, -0.2) is 58.2 Å². The second-order valence-corrected chi connectivity index (χ2v) is 7.81. The van der Waals surface area contributed by atoms with E-state index in [-0.39, 0.29) is 17.7 Å². The van der Waals surface area contributed by atoms with E-state index in [1.54, 1.807) is 36.4 Å². The van der Waals surface area contributed by atoms with Crippen molar-refractivity contribution in [1.29, 1.82) is 0 Å². The lowest BCUT2D eigenvalue weighted by Gasteiger charge is -2.19. The zero-order valence-electron chi connectivity index (χ0n) is 16.3. The van der Waals surface area contributed by atoms with Gasteiger partial charge in [0.05, 0.1) is 5.33 Å². The standard InChI is InChI=1S/C22H18BrNO7/c23-10-17(25)12-3-5-14-15-6-4-13(9-20(15)31-19(14)8-12)18(26)11-30-21(27)16-2-1-7-24(16)22(28)29/h3-6,8-9,16H,1-2,7,10-11H2,(H,28,29). The van der Waals surface area contributed by atoms with Crippen molar-refractivity contribution in [3.05, 3.63) is 47.5 Å². The molecular formula is C22H18BrNO7. The summed E-state index contributed by atoms with van der Waals surface area (Å²) in [6, 6.07) is 9.24. The predicted molar refractivity (Wildman–Crippen MR) is 115 cm³/mol. The molecule has 1 fully saturated rings. The number of halogens is 1. The van der Waals surface area contributed by atoms with Gasteiger partial charge in [-0.3, -0.25) is 14.5 Å². The van der Waals surface area contributed by atoms with Gasteiger partial charge in [0.1, 0.15) is 17.2 Å². The van der Waals surface area contributed by atoms with Gasteiger partial charge in [-0.25, -0.2) is 9.59 Å². The number of hydrogen-bond donors (Lipinski definition) is 1. The summed E-state index contributed by atoms with van der Waals surface area (Å²) < 4.78 is 10.9. The minimum Gasteiger partial charge on any atom is -0.465 e. The number of ether oxygens (including phenoxy) is 1. The summed E-state index contributed by atoms with van der Waals surface area (Å²) in [6.45, 7) is -0.215. The number of carbonyl (C=O) groups is 4. The highest BCUT2D eigenvalue weighted by molar-refractivity contribution is 9.09. The molecule has 160 valence electrons. The van der Waals surface area contributed by atoms with Crippen LogP contribution in [0.2, 0.25) is 0 Å². The summed E-state index contributed by atoms with van der Waals surface area (Å²) in [6.07, 6.45) is -0.225. The van der Waals surface area contributed by atoms with Gasteiger partial charge in [-0.05, 0) is 37.1 Å². The first-order valence-electron chi connectivity index (χ1n) is 9.64. The average molecular weight is 488 g/mol. The molecule has 3 aromatic rings. The summed E-state index contributed by atoms with van der Waals surface area (Å²) in [5.74, 6) is -1.21. The molecule has 1 aliphatic rings. The van der Waals surface area contributed by atoms with Gasteiger partial charge in [0.25, 0.3) is 0 Å². The lowest BCUT2D eigenvalue weighted by atomic mass is 10.1. The smallest absolute Gasteiger partial charge is 0.408 e. The van der Waals surface area contributed by atoms with Crippen LogP contribution in [0.5, 0.6) is 0 Å². The molecule has 2 heterocycles. The third-order valence-corrected chi connectivity index (χ3v) is 5.86. The summed E-state index contributed by atoms with van der Waals surface area (Å²) in [7, 11) is 0. The van der Waals surface area contributed by atoms with Crippen LogP contribution >= 0.6 is 15.9 Å². The Morgan fingerprint density at radius 1 is 1.03 bits per heavy atom. The molecule has 1 aromatic heterocycles. The zero-order chi connectivity index (χ0) is 22.1. The van der Waals surface area contributed by atoms with Crippen molar-refractivity contribution < 1.29 is 33.4 Å². The van der Waals surface area contributed by atoms with E-state index in [4.69, 9.17) is 14.3 Å². The van der Waals surface area contributed by atoms with Gasteiger partial charge < -0.3 is 14.3 Å². The van der Waals surface area contributed by atoms with Crippen molar-refractivity contribution in [2.24, 2.45) is 0 Å². The van der Waals surface area contributed by atoms with Crippen LogP contribution in [0.25, 0.3) is 21.9 Å². The maximum absolute atomic E-state index is 12.5. The Bertz CT molecular complexity index is 1220. The number of fused-ring (bicyclic) bond motifs is 3. The first-order chi connectivity index (χ1) is 14.9. The van der Waals surface area contributed by atoms with E-state index in [2.05, 4.69) is 15.9 Å². The minimum absolute atomic E-state index is 0.0660. The minimum atomic E-state index is -1.18. The molecule has 0 radical (unpaired) electrons. The van der Waals surface area contributed by atoms with Crippen LogP contribution in [0, 0.1) is 0 Å². The third kappa shape index (κ3) is 4.05. The van der Waals surface area contributed by atoms with Crippen LogP contribution < -0.4 is 0 Å². The van der Waals surface area contributed by atoms with E-state index >= 15 is 0 Å². The van der Waals surface area contributed by atoms with Crippen LogP contribution in [0.3, 0.4) is 0 Å². The number of furan rings is 1. The quantitative estimate of drug-likeness (QED) is 0.317. The molecule has 1 unspecified atom stereocenters. The highest BCUT2D eigenvalue weighted by Gasteiger charge is 2.35. The molecule has 1 N–H and O–H groups in total. The number of Topliss-reactive ketones (excluding diaryl/α,β-unsaturated/α-hetero) is 2. The average Bonchev–Trinajstić information content (AvgIpc) is 3.40. The van der Waals surface area contributed by atoms with Crippen LogP contribution in [0.1, 0.15) is 33.6 Å². The fraction of sp³-hybridized carbons (Fsp3) is 0.273. The SMILES string of the molecule is O=C(CBr)c1ccc2c(c1)oc1cc(C(=O)COC(=O)C3CCCN3C(=O)O)ccc12. The number of likely N-dealkylation sites (tertiary alicyclic amines) is 1. The topological polar surface area (TPSA) is 114 Å². The Morgan fingerprint density at radius 2 is 1.65 bits per heavy atom. The largest absolute Gasteiger partial charge is 0.465 e. The highest BCUT2D eigenvalue weighted by atomic mass is 79.9. The van der Waals surface area contributed by atoms with Gasteiger partial charge >= 0.3 is 12.1 Å². The molecule has 0 saturated carbocycles. The van der Waals surface area contributed by atoms with Gasteiger partial charge in [0.15, 0.2) is 18.2 Å². The normalized spacial score (nSPS) is 16.0. The van der Waals surface area contributed by atoms with Crippen molar-refractivity contribution in [1.82, 2.24) is 4.90 Å². The molecule has 0 spiro atoms. The second-order valence-electron chi connectivity index (χ2n) is 7.25. The van der Waals surface area contributed by atoms with Gasteiger partial charge in [-0.15, -0.1) is 0 Å². The number of carbonyl (C=O) groups excluding carboxylic acids is 3. The maximum atomic E-state index is 12.5. The molecular weight excluding hydrogens is 470 g/mol. The number of amides is 1. The predicted octanol–water partition coefficient (Wildman–Crippen LogP) is 4.03. The first kappa shape index (κ1) is 21.0. The van der Waals surface area contributed by atoms with Crippen molar-refractivity contribution in [3.8, 4) is 0 Å². The molecule has 0 aliphatic carbocycles. The molecule has 8 nitrogen and oxygen atoms in total. The number of carboxylic acid groups (broad SMARTS) is 1. The van der Waals surface area contributed by atoms with Crippen molar-refractivity contribution in [2.45, 2.75) is 18.9 Å². The highest BCUT2D eigenvalue weighted by Crippen LogP contribution is 2.30. The molecule has 1 saturated heterocycles. The Morgan fingerprint density at radius 3 is 2.23 bits per heavy atom. The summed E-state index contributed by atoms with van der Waals surface area (Å²) in [4.78, 5) is 48.8. The van der Waals surface area contributed by atoms with E-state index in [1.807, 2.05) is 0 Å². The number of alkyl halides is 1. The van der Waals surface area contributed by atoms with Crippen molar-refractivity contribution in [2.75, 3.05) is 18.5 Å². The number of hydrogen-bond acceptors (Lipinski definition) is 6. The molecule has 31 heavy (non-hydrogen) atoms. The van der Waals surface area contributed by atoms with Crippen LogP contribution in [-0.2, 0) is 9.53 Å². The van der Waals surface area contributed by atoms with Gasteiger partial charge in [0.2, 0.25) is 0 Å². The van der Waals surface area contributed by atoms with E-state index in [0.717, 1.165) is 15.7 Å². The van der Waals surface area contributed by atoms with E-state index in [1.165, 1.54) is 0 Å². The first-order valence-corrected chi connectivity index (χ1v) is 10.8. The summed E-state index contributed by atoms with van der Waals surface area (Å²) >= 11 is 3.15. The number of esters is 1. The van der Waals surface area contributed by atoms with E-state index in [0.29, 0.717) is 35.1 Å². The van der Waals surface area contributed by atoms with E-state index in [9.17, 15) is 19.2 Å². The molecule has 2 aromatic carbocycles. The molecule has 1 amide bonds. The summed E-state index contributed by atoms with van der Waals surface area (Å²) in [5.41, 5.74) is 1.84. The maximum Gasteiger partial charge on any atom is 0.408 e. The molecule has 1 aliphatic heterocycles. The van der Waals surface area contributed by atoms with Crippen molar-refractivity contribution in [3.63, 3.8) is 0 Å².